The van der Waals surface area contributed by atoms with Crippen LogP contribution in [-0.4, -0.2) is 49.3 Å². The predicted molar refractivity (Wildman–Crippen MR) is 79.8 cm³/mol. The highest BCUT2D eigenvalue weighted by Gasteiger charge is 2.13. The van der Waals surface area contributed by atoms with Crippen molar-refractivity contribution in [2.75, 3.05) is 26.4 Å². The van der Waals surface area contributed by atoms with Gasteiger partial charge < -0.3 is 19.3 Å². The zero-order chi connectivity index (χ0) is 16.9. The lowest BCUT2D eigenvalue weighted by molar-refractivity contribution is -0.151. The molecule has 0 radical (unpaired) electrons. The van der Waals surface area contributed by atoms with E-state index in [0.717, 1.165) is 5.56 Å². The number of ketones is 1. The number of hydrogen-bond acceptors (Lipinski definition) is 6. The van der Waals surface area contributed by atoms with Gasteiger partial charge in [0.25, 0.3) is 0 Å². The minimum atomic E-state index is -1.54. The lowest BCUT2D eigenvalue weighted by Crippen LogP contribution is -2.16. The van der Waals surface area contributed by atoms with Crippen molar-refractivity contribution in [3.8, 4) is 0 Å². The lowest BCUT2D eigenvalue weighted by Gasteiger charge is -2.07. The first kappa shape index (κ1) is 18.8. The molecule has 126 valence electrons. The summed E-state index contributed by atoms with van der Waals surface area (Å²) in [7, 11) is 0. The third-order valence-corrected chi connectivity index (χ3v) is 2.77. The van der Waals surface area contributed by atoms with Crippen LogP contribution in [0.4, 0.5) is 0 Å². The van der Waals surface area contributed by atoms with Crippen LogP contribution >= 0.6 is 0 Å². The molecule has 1 rings (SSSR count). The number of hydrogen-bond donors (Lipinski definition) is 1. The molecular formula is C16H20O7. The van der Waals surface area contributed by atoms with Crippen LogP contribution in [0.1, 0.15) is 18.4 Å². The zero-order valence-electron chi connectivity index (χ0n) is 12.7. The number of carboxylic acid groups (broad SMARTS) is 1. The molecule has 0 atom stereocenters. The maximum absolute atomic E-state index is 11.2. The third-order valence-electron chi connectivity index (χ3n) is 2.77. The van der Waals surface area contributed by atoms with Gasteiger partial charge in [-0.1, -0.05) is 30.3 Å². The van der Waals surface area contributed by atoms with E-state index in [4.69, 9.17) is 19.3 Å². The van der Waals surface area contributed by atoms with Gasteiger partial charge in [0.05, 0.1) is 32.8 Å². The number of carbonyl (C=O) groups excluding carboxylic acids is 2. The molecule has 0 saturated heterocycles. The molecular weight excluding hydrogens is 304 g/mol. The van der Waals surface area contributed by atoms with Crippen molar-refractivity contribution in [3.05, 3.63) is 35.9 Å². The molecule has 7 nitrogen and oxygen atoms in total. The summed E-state index contributed by atoms with van der Waals surface area (Å²) in [6, 6.07) is 9.75. The molecule has 0 aliphatic carbocycles. The molecule has 0 aliphatic heterocycles. The first-order chi connectivity index (χ1) is 11.1. The number of Topliss-reactive ketones (excluding diaryl/α,β-unsaturated/α-hetero) is 1. The summed E-state index contributed by atoms with van der Waals surface area (Å²) in [6.07, 6.45) is -0.604. The van der Waals surface area contributed by atoms with Crippen molar-refractivity contribution in [2.24, 2.45) is 0 Å². The Morgan fingerprint density at radius 3 is 2.22 bits per heavy atom. The average molecular weight is 324 g/mol. The molecule has 0 unspecified atom stereocenters. The molecule has 0 spiro atoms. The Morgan fingerprint density at radius 1 is 0.870 bits per heavy atom. The first-order valence-electron chi connectivity index (χ1n) is 7.20. The molecule has 0 bridgehead atoms. The number of carbonyl (C=O) groups is 3. The van der Waals surface area contributed by atoms with Gasteiger partial charge in [-0.3, -0.25) is 9.59 Å². The SMILES string of the molecule is O=C(CCC(=O)C(=O)O)OCCOCCOCc1ccccc1. The summed E-state index contributed by atoms with van der Waals surface area (Å²) in [5.74, 6) is -3.17. The second-order valence-electron chi connectivity index (χ2n) is 4.60. The Bertz CT molecular complexity index is 498. The number of aliphatic carboxylic acids is 1. The number of esters is 1. The van der Waals surface area contributed by atoms with Crippen LogP contribution < -0.4 is 0 Å². The lowest BCUT2D eigenvalue weighted by atomic mass is 10.2. The third kappa shape index (κ3) is 9.38. The summed E-state index contributed by atoms with van der Waals surface area (Å²) in [5, 5.41) is 8.35. The van der Waals surface area contributed by atoms with Gasteiger partial charge in [-0.15, -0.1) is 0 Å². The highest BCUT2D eigenvalue weighted by atomic mass is 16.6. The van der Waals surface area contributed by atoms with Crippen LogP contribution in [0.25, 0.3) is 0 Å². The van der Waals surface area contributed by atoms with Gasteiger partial charge >= 0.3 is 11.9 Å². The van der Waals surface area contributed by atoms with Crippen LogP contribution in [-0.2, 0) is 35.2 Å². The smallest absolute Gasteiger partial charge is 0.372 e. The summed E-state index contributed by atoms with van der Waals surface area (Å²) in [6.45, 7) is 1.58. The molecule has 7 heteroatoms. The van der Waals surface area contributed by atoms with E-state index in [1.54, 1.807) is 0 Å². The first-order valence-corrected chi connectivity index (χ1v) is 7.20. The van der Waals surface area contributed by atoms with Crippen molar-refractivity contribution in [2.45, 2.75) is 19.4 Å². The zero-order valence-corrected chi connectivity index (χ0v) is 12.7. The van der Waals surface area contributed by atoms with Crippen molar-refractivity contribution in [1.29, 1.82) is 0 Å². The molecule has 0 aliphatic rings. The molecule has 1 aromatic carbocycles. The van der Waals surface area contributed by atoms with Crippen molar-refractivity contribution >= 4 is 17.7 Å². The Labute approximate surface area is 134 Å². The second kappa shape index (κ2) is 11.3. The molecule has 23 heavy (non-hydrogen) atoms. The van der Waals surface area contributed by atoms with Gasteiger partial charge in [0, 0.05) is 6.42 Å². The average Bonchev–Trinajstić information content (AvgIpc) is 2.55. The molecule has 0 amide bonds. The van der Waals surface area contributed by atoms with Crippen LogP contribution in [0.3, 0.4) is 0 Å². The van der Waals surface area contributed by atoms with Crippen molar-refractivity contribution < 1.29 is 33.7 Å². The van der Waals surface area contributed by atoms with E-state index in [2.05, 4.69) is 0 Å². The van der Waals surface area contributed by atoms with E-state index in [1.807, 2.05) is 30.3 Å². The monoisotopic (exact) mass is 324 g/mol. The number of rotatable bonds is 12. The fraction of sp³-hybridized carbons (Fsp3) is 0.438. The van der Waals surface area contributed by atoms with Crippen LogP contribution in [0.2, 0.25) is 0 Å². The fourth-order valence-corrected chi connectivity index (χ4v) is 1.59. The highest BCUT2D eigenvalue weighted by Crippen LogP contribution is 2.00. The Hall–Kier alpha value is -2.25. The maximum Gasteiger partial charge on any atom is 0.372 e. The van der Waals surface area contributed by atoms with E-state index in [9.17, 15) is 14.4 Å². The number of carboxylic acids is 1. The Kier molecular flexibility index (Phi) is 9.26. The molecule has 1 aromatic rings. The van der Waals surface area contributed by atoms with E-state index in [0.29, 0.717) is 19.8 Å². The number of benzene rings is 1. The van der Waals surface area contributed by atoms with E-state index in [1.165, 1.54) is 0 Å². The minimum absolute atomic E-state index is 0.0543. The minimum Gasteiger partial charge on any atom is -0.476 e. The van der Waals surface area contributed by atoms with E-state index >= 15 is 0 Å². The fourth-order valence-electron chi connectivity index (χ4n) is 1.59. The van der Waals surface area contributed by atoms with Gasteiger partial charge in [0.1, 0.15) is 6.61 Å². The van der Waals surface area contributed by atoms with E-state index < -0.39 is 17.7 Å². The quantitative estimate of drug-likeness (QED) is 0.350. The largest absolute Gasteiger partial charge is 0.476 e. The Balaban J connectivity index is 1.92. The topological polar surface area (TPSA) is 99.1 Å². The second-order valence-corrected chi connectivity index (χ2v) is 4.60. The Morgan fingerprint density at radius 2 is 1.52 bits per heavy atom. The summed E-state index contributed by atoms with van der Waals surface area (Å²) in [4.78, 5) is 32.2. The molecule has 0 fully saturated rings. The number of ether oxygens (including phenoxy) is 3. The van der Waals surface area contributed by atoms with Gasteiger partial charge in [-0.05, 0) is 5.56 Å². The normalized spacial score (nSPS) is 10.3. The summed E-state index contributed by atoms with van der Waals surface area (Å²) >= 11 is 0. The van der Waals surface area contributed by atoms with Crippen LogP contribution in [0.15, 0.2) is 30.3 Å². The molecule has 1 N–H and O–H groups in total. The van der Waals surface area contributed by atoms with Crippen molar-refractivity contribution in [3.63, 3.8) is 0 Å². The molecule has 0 saturated carbocycles. The summed E-state index contributed by atoms with van der Waals surface area (Å²) < 4.78 is 15.4. The van der Waals surface area contributed by atoms with E-state index in [-0.39, 0.29) is 26.1 Å². The van der Waals surface area contributed by atoms with Gasteiger partial charge in [-0.25, -0.2) is 4.79 Å². The molecule has 0 aromatic heterocycles. The summed E-state index contributed by atoms with van der Waals surface area (Å²) in [5.41, 5.74) is 1.08. The van der Waals surface area contributed by atoms with Crippen LogP contribution in [0, 0.1) is 0 Å². The predicted octanol–water partition coefficient (Wildman–Crippen LogP) is 1.20. The van der Waals surface area contributed by atoms with Gasteiger partial charge in [0.2, 0.25) is 5.78 Å². The standard InChI is InChI=1S/C16H20O7/c17-14(16(19)20)6-7-15(18)23-11-10-21-8-9-22-12-13-4-2-1-3-5-13/h1-5H,6-12H2,(H,19,20). The van der Waals surface area contributed by atoms with Crippen LogP contribution in [0.5, 0.6) is 0 Å². The van der Waals surface area contributed by atoms with Gasteiger partial charge in [-0.2, -0.15) is 0 Å². The molecule has 0 heterocycles. The maximum atomic E-state index is 11.2. The van der Waals surface area contributed by atoms with Crippen molar-refractivity contribution in [1.82, 2.24) is 0 Å². The van der Waals surface area contributed by atoms with Gasteiger partial charge in [0.15, 0.2) is 0 Å². The highest BCUT2D eigenvalue weighted by molar-refractivity contribution is 6.32.